The Bertz CT molecular complexity index is 1090. The molecule has 0 aromatic carbocycles. The van der Waals surface area contributed by atoms with Crippen LogP contribution in [0.15, 0.2) is 5.16 Å². The van der Waals surface area contributed by atoms with Crippen molar-refractivity contribution in [3.05, 3.63) is 16.3 Å². The third-order valence-corrected chi connectivity index (χ3v) is 8.53. The molecule has 8 heteroatoms. The lowest BCUT2D eigenvalue weighted by Crippen LogP contribution is -2.38. The number of aromatic nitrogens is 4. The second-order valence-electron chi connectivity index (χ2n) is 9.01. The number of hydrogen-bond donors (Lipinski definition) is 0. The van der Waals surface area contributed by atoms with Crippen molar-refractivity contribution in [1.82, 2.24) is 24.5 Å². The Kier molecular flexibility index (Phi) is 5.47. The van der Waals surface area contributed by atoms with Crippen molar-refractivity contribution in [1.29, 1.82) is 0 Å². The fraction of sp³-hybridized carbons (Fsp3) is 0.636. The SMILES string of the molecule is CC1CCN(C(=O)CSc2nnc3c4c5c(sc4nc(C(C)C)n23)CCCC5)CC1. The number of fused-ring (bicyclic) bond motifs is 5. The highest BCUT2D eigenvalue weighted by molar-refractivity contribution is 7.99. The van der Waals surface area contributed by atoms with Gasteiger partial charge in [-0.15, -0.1) is 21.5 Å². The molecule has 0 N–H and O–H groups in total. The van der Waals surface area contributed by atoms with Crippen LogP contribution >= 0.6 is 23.1 Å². The first-order chi connectivity index (χ1) is 14.5. The molecule has 1 fully saturated rings. The van der Waals surface area contributed by atoms with Crippen LogP contribution in [0.1, 0.15) is 68.6 Å². The van der Waals surface area contributed by atoms with Gasteiger partial charge in [0.05, 0.1) is 11.1 Å². The maximum absolute atomic E-state index is 12.8. The molecule has 1 saturated heterocycles. The largest absolute Gasteiger partial charge is 0.342 e. The first-order valence-corrected chi connectivity index (χ1v) is 12.9. The van der Waals surface area contributed by atoms with Crippen molar-refractivity contribution in [2.24, 2.45) is 5.92 Å². The molecule has 3 aromatic heterocycles. The van der Waals surface area contributed by atoms with Crippen LogP contribution in [0, 0.1) is 5.92 Å². The summed E-state index contributed by atoms with van der Waals surface area (Å²) in [5.74, 6) is 2.58. The molecule has 30 heavy (non-hydrogen) atoms. The Morgan fingerprint density at radius 2 is 1.97 bits per heavy atom. The molecule has 4 heterocycles. The van der Waals surface area contributed by atoms with E-state index in [2.05, 4.69) is 35.4 Å². The van der Waals surface area contributed by atoms with Gasteiger partial charge >= 0.3 is 0 Å². The highest BCUT2D eigenvalue weighted by atomic mass is 32.2. The zero-order valence-corrected chi connectivity index (χ0v) is 19.6. The van der Waals surface area contributed by atoms with Crippen LogP contribution in [-0.2, 0) is 17.6 Å². The summed E-state index contributed by atoms with van der Waals surface area (Å²) in [6.07, 6.45) is 6.96. The van der Waals surface area contributed by atoms with E-state index in [1.807, 2.05) is 16.2 Å². The molecule has 1 amide bonds. The van der Waals surface area contributed by atoms with Gasteiger partial charge in [-0.1, -0.05) is 32.5 Å². The lowest BCUT2D eigenvalue weighted by molar-refractivity contribution is -0.129. The maximum atomic E-state index is 12.8. The highest BCUT2D eigenvalue weighted by Crippen LogP contribution is 2.39. The van der Waals surface area contributed by atoms with E-state index in [4.69, 9.17) is 4.98 Å². The molecule has 1 aliphatic heterocycles. The summed E-state index contributed by atoms with van der Waals surface area (Å²) in [4.78, 5) is 22.4. The fourth-order valence-corrected chi connectivity index (χ4v) is 6.72. The van der Waals surface area contributed by atoms with Crippen molar-refractivity contribution >= 4 is 44.9 Å². The third-order valence-electron chi connectivity index (χ3n) is 6.43. The van der Waals surface area contributed by atoms with Gasteiger partial charge in [0, 0.05) is 23.9 Å². The van der Waals surface area contributed by atoms with Crippen LogP contribution in [0.2, 0.25) is 0 Å². The van der Waals surface area contributed by atoms with E-state index in [0.717, 1.165) is 66.1 Å². The zero-order valence-electron chi connectivity index (χ0n) is 18.0. The minimum atomic E-state index is 0.205. The van der Waals surface area contributed by atoms with Crippen LogP contribution in [0.4, 0.5) is 0 Å². The first kappa shape index (κ1) is 20.2. The highest BCUT2D eigenvalue weighted by Gasteiger charge is 2.25. The van der Waals surface area contributed by atoms with Gasteiger partial charge in [-0.2, -0.15) is 0 Å². The first-order valence-electron chi connectivity index (χ1n) is 11.1. The average Bonchev–Trinajstić information content (AvgIpc) is 3.32. The van der Waals surface area contributed by atoms with Gasteiger partial charge in [0.2, 0.25) is 5.91 Å². The molecule has 160 valence electrons. The smallest absolute Gasteiger partial charge is 0.233 e. The number of carbonyl (C=O) groups excluding carboxylic acids is 1. The maximum Gasteiger partial charge on any atom is 0.233 e. The lowest BCUT2D eigenvalue weighted by Gasteiger charge is -2.30. The molecule has 0 unspecified atom stereocenters. The van der Waals surface area contributed by atoms with E-state index in [9.17, 15) is 4.79 Å². The van der Waals surface area contributed by atoms with Gasteiger partial charge < -0.3 is 4.90 Å². The van der Waals surface area contributed by atoms with Crippen molar-refractivity contribution in [2.45, 2.75) is 70.4 Å². The van der Waals surface area contributed by atoms with Crippen molar-refractivity contribution in [3.63, 3.8) is 0 Å². The molecule has 0 spiro atoms. The van der Waals surface area contributed by atoms with Gasteiger partial charge in [0.1, 0.15) is 10.7 Å². The quantitative estimate of drug-likeness (QED) is 0.547. The van der Waals surface area contributed by atoms with Crippen molar-refractivity contribution in [3.8, 4) is 0 Å². The van der Waals surface area contributed by atoms with Crippen LogP contribution in [0.25, 0.3) is 15.9 Å². The number of aryl methyl sites for hydroxylation is 2. The lowest BCUT2D eigenvalue weighted by atomic mass is 9.97. The molecule has 2 aliphatic rings. The predicted molar refractivity (Wildman–Crippen MR) is 123 cm³/mol. The number of rotatable bonds is 4. The number of thiophene rings is 1. The molecule has 0 radical (unpaired) electrons. The Morgan fingerprint density at radius 1 is 1.20 bits per heavy atom. The summed E-state index contributed by atoms with van der Waals surface area (Å²) < 4.78 is 2.12. The molecule has 6 nitrogen and oxygen atoms in total. The summed E-state index contributed by atoms with van der Waals surface area (Å²) in [7, 11) is 0. The molecule has 0 bridgehead atoms. The number of hydrogen-bond acceptors (Lipinski definition) is 6. The normalized spacial score (nSPS) is 17.9. The van der Waals surface area contributed by atoms with Gasteiger partial charge in [0.25, 0.3) is 0 Å². The van der Waals surface area contributed by atoms with E-state index in [1.54, 1.807) is 0 Å². The van der Waals surface area contributed by atoms with E-state index in [-0.39, 0.29) is 11.8 Å². The zero-order chi connectivity index (χ0) is 20.8. The molecule has 1 aliphatic carbocycles. The minimum absolute atomic E-state index is 0.205. The Morgan fingerprint density at radius 3 is 2.73 bits per heavy atom. The fourth-order valence-electron chi connectivity index (χ4n) is 4.61. The monoisotopic (exact) mass is 443 g/mol. The Balaban J connectivity index is 1.49. The van der Waals surface area contributed by atoms with Crippen molar-refractivity contribution in [2.75, 3.05) is 18.8 Å². The molecule has 0 saturated carbocycles. The second kappa shape index (κ2) is 8.11. The van der Waals surface area contributed by atoms with Crippen LogP contribution in [0.5, 0.6) is 0 Å². The van der Waals surface area contributed by atoms with E-state index >= 15 is 0 Å². The number of thioether (sulfide) groups is 1. The van der Waals surface area contributed by atoms with Crippen LogP contribution in [0.3, 0.4) is 0 Å². The van der Waals surface area contributed by atoms with E-state index in [1.165, 1.54) is 40.4 Å². The van der Waals surface area contributed by atoms with Gasteiger partial charge in [-0.3, -0.25) is 9.20 Å². The number of carbonyl (C=O) groups is 1. The number of piperidine rings is 1. The number of likely N-dealkylation sites (tertiary alicyclic amines) is 1. The summed E-state index contributed by atoms with van der Waals surface area (Å²) >= 11 is 3.33. The van der Waals surface area contributed by atoms with Gasteiger partial charge in [0.15, 0.2) is 10.8 Å². The summed E-state index contributed by atoms with van der Waals surface area (Å²) in [6, 6.07) is 0. The third kappa shape index (κ3) is 3.51. The Labute approximate surface area is 185 Å². The average molecular weight is 444 g/mol. The molecular formula is C22H29N5OS2. The summed E-state index contributed by atoms with van der Waals surface area (Å²) in [5, 5.41) is 11.1. The molecular weight excluding hydrogens is 414 g/mol. The molecule has 5 rings (SSSR count). The predicted octanol–water partition coefficient (Wildman–Crippen LogP) is 4.69. The van der Waals surface area contributed by atoms with Crippen LogP contribution in [-0.4, -0.2) is 49.2 Å². The van der Waals surface area contributed by atoms with Crippen LogP contribution < -0.4 is 0 Å². The van der Waals surface area contributed by atoms with Gasteiger partial charge in [-0.05, 0) is 50.0 Å². The summed E-state index contributed by atoms with van der Waals surface area (Å²) in [6.45, 7) is 8.34. The number of nitrogens with zero attached hydrogens (tertiary/aromatic N) is 5. The summed E-state index contributed by atoms with van der Waals surface area (Å²) in [5.41, 5.74) is 2.35. The van der Waals surface area contributed by atoms with Gasteiger partial charge in [-0.25, -0.2) is 4.98 Å². The Hall–Kier alpha value is -1.67. The topological polar surface area (TPSA) is 63.4 Å². The second-order valence-corrected chi connectivity index (χ2v) is 11.0. The number of amides is 1. The standard InChI is InChI=1S/C22H29N5OS2/c1-13(2)19-23-21-18(15-6-4-5-7-16(15)30-21)20-24-25-22(27(19)20)29-12-17(28)26-10-8-14(3)9-11-26/h13-14H,4-12H2,1-3H3. The minimum Gasteiger partial charge on any atom is -0.342 e. The van der Waals surface area contributed by atoms with Crippen molar-refractivity contribution < 1.29 is 4.79 Å². The van der Waals surface area contributed by atoms with E-state index in [0.29, 0.717) is 5.75 Å². The molecule has 0 atom stereocenters. The van der Waals surface area contributed by atoms with E-state index < -0.39 is 0 Å². The molecule has 3 aromatic rings.